The molecule has 122 valence electrons. The molecule has 3 heterocycles. The van der Waals surface area contributed by atoms with Crippen molar-refractivity contribution in [1.29, 1.82) is 0 Å². The summed E-state index contributed by atoms with van der Waals surface area (Å²) >= 11 is 0. The quantitative estimate of drug-likeness (QED) is 0.843. The number of aryl methyl sites for hydroxylation is 3. The molecule has 1 aliphatic heterocycles. The number of carbonyl (C=O) groups excluding carboxylic acids is 1. The Labute approximate surface area is 134 Å². The lowest BCUT2D eigenvalue weighted by Gasteiger charge is -2.37. The van der Waals surface area contributed by atoms with Crippen molar-refractivity contribution in [2.24, 2.45) is 0 Å². The second-order valence-corrected chi connectivity index (χ2v) is 5.85. The minimum Gasteiger partial charge on any atom is -0.374 e. The van der Waals surface area contributed by atoms with Gasteiger partial charge < -0.3 is 14.2 Å². The average molecular weight is 316 g/mol. The smallest absolute Gasteiger partial charge is 0.273 e. The molecule has 1 aliphatic rings. The van der Waals surface area contributed by atoms with Crippen molar-refractivity contribution in [2.75, 3.05) is 13.2 Å². The van der Waals surface area contributed by atoms with Crippen LogP contribution in [0, 0.1) is 20.8 Å². The number of carbonyl (C=O) groups is 1. The maximum atomic E-state index is 12.9. The molecular weight excluding hydrogens is 296 g/mol. The van der Waals surface area contributed by atoms with Crippen molar-refractivity contribution in [1.82, 2.24) is 20.0 Å². The first-order valence-electron chi connectivity index (χ1n) is 7.63. The summed E-state index contributed by atoms with van der Waals surface area (Å²) in [7, 11) is 0. The molecule has 0 radical (unpaired) electrons. The molecule has 7 heteroatoms. The van der Waals surface area contributed by atoms with Crippen molar-refractivity contribution in [3.8, 4) is 0 Å². The first-order chi connectivity index (χ1) is 11.0. The van der Waals surface area contributed by atoms with E-state index in [0.29, 0.717) is 30.6 Å². The Morgan fingerprint density at radius 3 is 2.74 bits per heavy atom. The summed E-state index contributed by atoms with van der Waals surface area (Å²) in [6.07, 6.45) is 1.50. The molecule has 1 fully saturated rings. The number of aromatic nitrogens is 3. The SMILES string of the molecule is Cc1noc([C@@H]2[C@@H](C)OCCN2C(=O)c2cc(C)c(C)cn2)n1. The molecule has 2 aromatic rings. The molecule has 23 heavy (non-hydrogen) atoms. The standard InChI is InChI=1S/C16H20N4O3/c1-9-7-13(17-8-10(9)2)16(21)20-5-6-22-11(3)14(20)15-18-12(4)19-23-15/h7-8,11,14H,5-6H2,1-4H3/t11-,14+/m1/s1. The average Bonchev–Trinajstić information content (AvgIpc) is 2.95. The van der Waals surface area contributed by atoms with Crippen LogP contribution in [0.2, 0.25) is 0 Å². The van der Waals surface area contributed by atoms with Crippen molar-refractivity contribution in [3.63, 3.8) is 0 Å². The highest BCUT2D eigenvalue weighted by molar-refractivity contribution is 5.92. The molecule has 0 aliphatic carbocycles. The van der Waals surface area contributed by atoms with Crippen molar-refractivity contribution < 1.29 is 14.1 Å². The lowest BCUT2D eigenvalue weighted by Crippen LogP contribution is -2.47. The van der Waals surface area contributed by atoms with Crippen molar-refractivity contribution in [2.45, 2.75) is 39.8 Å². The molecule has 3 rings (SSSR count). The van der Waals surface area contributed by atoms with E-state index in [4.69, 9.17) is 9.26 Å². The van der Waals surface area contributed by atoms with Crippen LogP contribution >= 0.6 is 0 Å². The molecule has 0 spiro atoms. The molecule has 2 aromatic heterocycles. The first kappa shape index (κ1) is 15.6. The second kappa shape index (κ2) is 6.08. The number of hydrogen-bond donors (Lipinski definition) is 0. The highest BCUT2D eigenvalue weighted by atomic mass is 16.5. The molecule has 0 bridgehead atoms. The second-order valence-electron chi connectivity index (χ2n) is 5.85. The summed E-state index contributed by atoms with van der Waals surface area (Å²) in [5.74, 6) is 0.783. The van der Waals surface area contributed by atoms with Gasteiger partial charge in [-0.05, 0) is 44.9 Å². The van der Waals surface area contributed by atoms with Crippen molar-refractivity contribution in [3.05, 3.63) is 40.8 Å². The normalized spacial score (nSPS) is 21.5. The molecule has 2 atom stereocenters. The summed E-state index contributed by atoms with van der Waals surface area (Å²) in [5, 5.41) is 3.82. The van der Waals surface area contributed by atoms with E-state index < -0.39 is 6.04 Å². The number of amides is 1. The van der Waals surface area contributed by atoms with Crippen LogP contribution in [0.25, 0.3) is 0 Å². The largest absolute Gasteiger partial charge is 0.374 e. The number of pyridine rings is 1. The van der Waals surface area contributed by atoms with Gasteiger partial charge in [0.2, 0.25) is 0 Å². The van der Waals surface area contributed by atoms with Crippen LogP contribution in [0.1, 0.15) is 46.3 Å². The topological polar surface area (TPSA) is 81.4 Å². The summed E-state index contributed by atoms with van der Waals surface area (Å²) in [6, 6.07) is 1.41. The maximum absolute atomic E-state index is 12.9. The highest BCUT2D eigenvalue weighted by Gasteiger charge is 2.38. The molecule has 1 saturated heterocycles. The van der Waals surface area contributed by atoms with Crippen LogP contribution in [0.4, 0.5) is 0 Å². The minimum absolute atomic E-state index is 0.149. The van der Waals surface area contributed by atoms with Crippen LogP contribution in [0.3, 0.4) is 0 Å². The molecule has 0 unspecified atom stereocenters. The summed E-state index contributed by atoms with van der Waals surface area (Å²) in [6.45, 7) is 8.52. The van der Waals surface area contributed by atoms with Gasteiger partial charge in [-0.3, -0.25) is 9.78 Å². The zero-order chi connectivity index (χ0) is 16.6. The van der Waals surface area contributed by atoms with Crippen LogP contribution in [0.5, 0.6) is 0 Å². The predicted molar refractivity (Wildman–Crippen MR) is 81.9 cm³/mol. The number of hydrogen-bond acceptors (Lipinski definition) is 6. The predicted octanol–water partition coefficient (Wildman–Crippen LogP) is 1.99. The summed E-state index contributed by atoms with van der Waals surface area (Å²) < 4.78 is 10.9. The minimum atomic E-state index is -0.402. The van der Waals surface area contributed by atoms with E-state index in [-0.39, 0.29) is 12.0 Å². The molecular formula is C16H20N4O3. The third-order valence-corrected chi connectivity index (χ3v) is 4.14. The van der Waals surface area contributed by atoms with Gasteiger partial charge in [0.25, 0.3) is 11.8 Å². The Hall–Kier alpha value is -2.28. The molecule has 0 aromatic carbocycles. The monoisotopic (exact) mass is 316 g/mol. The lowest BCUT2D eigenvalue weighted by molar-refractivity contribution is -0.0602. The number of morpholine rings is 1. The van der Waals surface area contributed by atoms with Gasteiger partial charge in [0, 0.05) is 12.7 Å². The Kier molecular flexibility index (Phi) is 4.12. The van der Waals surface area contributed by atoms with Crippen LogP contribution < -0.4 is 0 Å². The lowest BCUT2D eigenvalue weighted by atomic mass is 10.1. The Morgan fingerprint density at radius 2 is 2.09 bits per heavy atom. The molecule has 1 amide bonds. The fraction of sp³-hybridized carbons (Fsp3) is 0.500. The van der Waals surface area contributed by atoms with E-state index in [1.165, 1.54) is 0 Å². The van der Waals surface area contributed by atoms with Crippen LogP contribution in [-0.4, -0.2) is 45.2 Å². The van der Waals surface area contributed by atoms with Gasteiger partial charge in [0.1, 0.15) is 11.7 Å². The maximum Gasteiger partial charge on any atom is 0.273 e. The number of nitrogens with zero attached hydrogens (tertiary/aromatic N) is 4. The van der Waals surface area contributed by atoms with Gasteiger partial charge in [-0.2, -0.15) is 4.98 Å². The number of rotatable bonds is 2. The third-order valence-electron chi connectivity index (χ3n) is 4.14. The fourth-order valence-corrected chi connectivity index (χ4v) is 2.70. The Bertz CT molecular complexity index is 728. The molecule has 7 nitrogen and oxygen atoms in total. The van der Waals surface area contributed by atoms with Gasteiger partial charge in [0.05, 0.1) is 12.7 Å². The van der Waals surface area contributed by atoms with E-state index in [2.05, 4.69) is 15.1 Å². The molecule has 0 N–H and O–H groups in total. The van der Waals surface area contributed by atoms with E-state index in [9.17, 15) is 4.79 Å². The highest BCUT2D eigenvalue weighted by Crippen LogP contribution is 2.29. The molecule has 0 saturated carbocycles. The first-order valence-corrected chi connectivity index (χ1v) is 7.63. The summed E-state index contributed by atoms with van der Waals surface area (Å²) in [4.78, 5) is 23.2. The fourth-order valence-electron chi connectivity index (χ4n) is 2.70. The summed E-state index contributed by atoms with van der Waals surface area (Å²) in [5.41, 5.74) is 2.51. The Morgan fingerprint density at radius 1 is 1.30 bits per heavy atom. The zero-order valence-electron chi connectivity index (χ0n) is 13.7. The van der Waals surface area contributed by atoms with E-state index in [1.807, 2.05) is 26.8 Å². The zero-order valence-corrected chi connectivity index (χ0v) is 13.7. The van der Waals surface area contributed by atoms with Gasteiger partial charge in [-0.25, -0.2) is 0 Å². The van der Waals surface area contributed by atoms with Crippen molar-refractivity contribution >= 4 is 5.91 Å². The van der Waals surface area contributed by atoms with Crippen LogP contribution in [0.15, 0.2) is 16.8 Å². The van der Waals surface area contributed by atoms with Crippen LogP contribution in [-0.2, 0) is 4.74 Å². The van der Waals surface area contributed by atoms with Gasteiger partial charge >= 0.3 is 0 Å². The van der Waals surface area contributed by atoms with E-state index in [1.54, 1.807) is 18.0 Å². The number of ether oxygens (including phenoxy) is 1. The van der Waals surface area contributed by atoms with E-state index in [0.717, 1.165) is 11.1 Å². The van der Waals surface area contributed by atoms with Gasteiger partial charge in [-0.15, -0.1) is 0 Å². The Balaban J connectivity index is 1.94. The third kappa shape index (κ3) is 2.96. The van der Waals surface area contributed by atoms with Gasteiger partial charge in [0.15, 0.2) is 5.82 Å². The van der Waals surface area contributed by atoms with E-state index >= 15 is 0 Å². The van der Waals surface area contributed by atoms with Gasteiger partial charge in [-0.1, -0.05) is 5.16 Å².